The maximum Gasteiger partial charge on any atom is 0.332 e. The van der Waals surface area contributed by atoms with E-state index in [2.05, 4.69) is 20.8 Å². The van der Waals surface area contributed by atoms with Crippen LogP contribution < -0.4 is 16.1 Å². The molecule has 0 aliphatic carbocycles. The first-order chi connectivity index (χ1) is 9.14. The SMILES string of the molecule is CCN(CC(C)(C)C)c1c(C#N)c(=O)n(C)c(=O)n1C. The molecular weight excluding hydrogens is 256 g/mol. The molecule has 1 heterocycles. The summed E-state index contributed by atoms with van der Waals surface area (Å²) in [6.45, 7) is 9.42. The van der Waals surface area contributed by atoms with E-state index in [0.717, 1.165) is 4.57 Å². The molecular formula is C14H22N4O2. The van der Waals surface area contributed by atoms with Crippen LogP contribution in [0.1, 0.15) is 33.3 Å². The number of anilines is 1. The zero-order valence-corrected chi connectivity index (χ0v) is 13.0. The van der Waals surface area contributed by atoms with E-state index in [1.165, 1.54) is 11.6 Å². The summed E-state index contributed by atoms with van der Waals surface area (Å²) in [7, 11) is 2.97. The smallest absolute Gasteiger partial charge is 0.332 e. The van der Waals surface area contributed by atoms with E-state index < -0.39 is 11.2 Å². The van der Waals surface area contributed by atoms with Crippen molar-refractivity contribution >= 4 is 5.82 Å². The summed E-state index contributed by atoms with van der Waals surface area (Å²) in [5.74, 6) is 0.401. The van der Waals surface area contributed by atoms with Crippen molar-refractivity contribution in [2.45, 2.75) is 27.7 Å². The van der Waals surface area contributed by atoms with Gasteiger partial charge in [-0.25, -0.2) is 4.79 Å². The summed E-state index contributed by atoms with van der Waals surface area (Å²) < 4.78 is 2.34. The van der Waals surface area contributed by atoms with Gasteiger partial charge >= 0.3 is 5.69 Å². The molecule has 6 heteroatoms. The van der Waals surface area contributed by atoms with Gasteiger partial charge in [0, 0.05) is 27.2 Å². The van der Waals surface area contributed by atoms with E-state index >= 15 is 0 Å². The second-order valence-electron chi connectivity index (χ2n) is 6.09. The second kappa shape index (κ2) is 5.53. The second-order valence-corrected chi connectivity index (χ2v) is 6.09. The lowest BCUT2D eigenvalue weighted by Crippen LogP contribution is -2.44. The van der Waals surface area contributed by atoms with Crippen molar-refractivity contribution in [2.24, 2.45) is 19.5 Å². The summed E-state index contributed by atoms with van der Waals surface area (Å²) in [6, 6.07) is 1.94. The van der Waals surface area contributed by atoms with Crippen molar-refractivity contribution in [1.82, 2.24) is 9.13 Å². The normalized spacial score (nSPS) is 11.2. The highest BCUT2D eigenvalue weighted by molar-refractivity contribution is 5.53. The van der Waals surface area contributed by atoms with Crippen LogP contribution in [0.5, 0.6) is 0 Å². The Hall–Kier alpha value is -2.03. The fraction of sp³-hybridized carbons (Fsp3) is 0.643. The zero-order chi connectivity index (χ0) is 15.7. The third kappa shape index (κ3) is 2.93. The van der Waals surface area contributed by atoms with E-state index in [4.69, 9.17) is 0 Å². The lowest BCUT2D eigenvalue weighted by Gasteiger charge is -2.32. The largest absolute Gasteiger partial charge is 0.356 e. The van der Waals surface area contributed by atoms with Crippen LogP contribution in [0.3, 0.4) is 0 Å². The van der Waals surface area contributed by atoms with Crippen LogP contribution in [0.4, 0.5) is 5.82 Å². The quantitative estimate of drug-likeness (QED) is 0.821. The molecule has 0 radical (unpaired) electrons. The maximum absolute atomic E-state index is 12.1. The van der Waals surface area contributed by atoms with Gasteiger partial charge < -0.3 is 4.90 Å². The summed E-state index contributed by atoms with van der Waals surface area (Å²) in [6.07, 6.45) is 0. The van der Waals surface area contributed by atoms with Crippen molar-refractivity contribution in [2.75, 3.05) is 18.0 Å². The van der Waals surface area contributed by atoms with Gasteiger partial charge in [-0.2, -0.15) is 5.26 Å². The van der Waals surface area contributed by atoms with Gasteiger partial charge in [0.2, 0.25) is 0 Å². The van der Waals surface area contributed by atoms with Crippen molar-refractivity contribution in [1.29, 1.82) is 5.26 Å². The molecule has 0 aliphatic rings. The van der Waals surface area contributed by atoms with Gasteiger partial charge in [-0.15, -0.1) is 0 Å². The van der Waals surface area contributed by atoms with Crippen molar-refractivity contribution < 1.29 is 0 Å². The minimum absolute atomic E-state index is 0.0140. The first-order valence-electron chi connectivity index (χ1n) is 6.59. The third-order valence-electron chi connectivity index (χ3n) is 3.09. The minimum atomic E-state index is -0.544. The number of nitriles is 1. The predicted octanol–water partition coefficient (Wildman–Crippen LogP) is 0.828. The fourth-order valence-corrected chi connectivity index (χ4v) is 2.21. The summed E-state index contributed by atoms with van der Waals surface area (Å²) in [5.41, 5.74) is -0.963. The van der Waals surface area contributed by atoms with Crippen LogP contribution in [0.15, 0.2) is 9.59 Å². The Bertz CT molecular complexity index is 656. The van der Waals surface area contributed by atoms with Crippen LogP contribution >= 0.6 is 0 Å². The van der Waals surface area contributed by atoms with Gasteiger partial charge in [0.1, 0.15) is 11.9 Å². The Morgan fingerprint density at radius 1 is 1.20 bits per heavy atom. The summed E-state index contributed by atoms with van der Waals surface area (Å²) in [4.78, 5) is 26.0. The Balaban J connectivity index is 3.63. The van der Waals surface area contributed by atoms with E-state index in [1.807, 2.05) is 17.9 Å². The van der Waals surface area contributed by atoms with Gasteiger partial charge in [0.25, 0.3) is 5.56 Å². The molecule has 0 saturated carbocycles. The molecule has 20 heavy (non-hydrogen) atoms. The molecule has 1 aromatic rings. The lowest BCUT2D eigenvalue weighted by molar-refractivity contribution is 0.408. The average Bonchev–Trinajstić information content (AvgIpc) is 2.36. The lowest BCUT2D eigenvalue weighted by atomic mass is 9.96. The molecule has 0 saturated heterocycles. The predicted molar refractivity (Wildman–Crippen MR) is 79.0 cm³/mol. The first-order valence-corrected chi connectivity index (χ1v) is 6.59. The molecule has 0 N–H and O–H groups in total. The third-order valence-corrected chi connectivity index (χ3v) is 3.09. The highest BCUT2D eigenvalue weighted by Gasteiger charge is 2.23. The summed E-state index contributed by atoms with van der Waals surface area (Å²) in [5, 5.41) is 9.28. The van der Waals surface area contributed by atoms with E-state index in [9.17, 15) is 14.9 Å². The molecule has 0 fully saturated rings. The molecule has 0 aromatic carbocycles. The first kappa shape index (κ1) is 16.0. The van der Waals surface area contributed by atoms with Crippen molar-refractivity contribution in [3.63, 3.8) is 0 Å². The summed E-state index contributed by atoms with van der Waals surface area (Å²) >= 11 is 0. The van der Waals surface area contributed by atoms with Crippen LogP contribution in [0.25, 0.3) is 0 Å². The molecule has 1 aromatic heterocycles. The monoisotopic (exact) mass is 278 g/mol. The van der Waals surface area contributed by atoms with Gasteiger partial charge in [-0.05, 0) is 12.3 Å². The van der Waals surface area contributed by atoms with Crippen molar-refractivity contribution in [3.8, 4) is 6.07 Å². The van der Waals surface area contributed by atoms with E-state index in [1.54, 1.807) is 7.05 Å². The number of hydrogen-bond acceptors (Lipinski definition) is 4. The number of rotatable bonds is 3. The van der Waals surface area contributed by atoms with E-state index in [0.29, 0.717) is 18.9 Å². The molecule has 0 unspecified atom stereocenters. The topological polar surface area (TPSA) is 71.0 Å². The molecule has 110 valence electrons. The number of nitrogens with zero attached hydrogens (tertiary/aromatic N) is 4. The van der Waals surface area contributed by atoms with Crippen LogP contribution in [0.2, 0.25) is 0 Å². The molecule has 1 rings (SSSR count). The Kier molecular flexibility index (Phi) is 4.43. The van der Waals surface area contributed by atoms with Gasteiger partial charge in [-0.1, -0.05) is 20.8 Å². The highest BCUT2D eigenvalue weighted by Crippen LogP contribution is 2.21. The van der Waals surface area contributed by atoms with E-state index in [-0.39, 0.29) is 11.0 Å². The fourth-order valence-electron chi connectivity index (χ4n) is 2.21. The number of aromatic nitrogens is 2. The molecule has 0 bridgehead atoms. The molecule has 0 amide bonds. The van der Waals surface area contributed by atoms with Gasteiger partial charge in [-0.3, -0.25) is 13.9 Å². The highest BCUT2D eigenvalue weighted by atomic mass is 16.2. The van der Waals surface area contributed by atoms with Crippen LogP contribution in [0, 0.1) is 16.7 Å². The zero-order valence-electron chi connectivity index (χ0n) is 13.0. The molecule has 6 nitrogen and oxygen atoms in total. The van der Waals surface area contributed by atoms with Crippen molar-refractivity contribution in [3.05, 3.63) is 26.4 Å². The Morgan fingerprint density at radius 3 is 2.15 bits per heavy atom. The Labute approximate surface area is 118 Å². The standard InChI is InChI=1S/C14H22N4O2/c1-7-18(9-14(2,3)4)11-10(8-15)12(19)17(6)13(20)16(11)5/h7,9H2,1-6H3. The van der Waals surface area contributed by atoms with Gasteiger partial charge in [0.05, 0.1) is 0 Å². The van der Waals surface area contributed by atoms with Gasteiger partial charge in [0.15, 0.2) is 5.56 Å². The average molecular weight is 278 g/mol. The molecule has 0 atom stereocenters. The maximum atomic E-state index is 12.1. The molecule has 0 spiro atoms. The Morgan fingerprint density at radius 2 is 1.75 bits per heavy atom. The minimum Gasteiger partial charge on any atom is -0.356 e. The van der Waals surface area contributed by atoms with Crippen LogP contribution in [-0.4, -0.2) is 22.2 Å². The molecule has 0 aliphatic heterocycles. The number of hydrogen-bond donors (Lipinski definition) is 0. The van der Waals surface area contributed by atoms with Crippen LogP contribution in [-0.2, 0) is 14.1 Å².